The molecule has 0 saturated carbocycles. The molecule has 0 radical (unpaired) electrons. The van der Waals surface area contributed by atoms with Crippen LogP contribution in [0.15, 0.2) is 45.9 Å². The largest absolute Gasteiger partial charge is 0.399 e. The van der Waals surface area contributed by atoms with Crippen molar-refractivity contribution in [1.82, 2.24) is 4.98 Å². The number of nitrogens with zero attached hydrogens (tertiary/aromatic N) is 1. The van der Waals surface area contributed by atoms with Crippen molar-refractivity contribution in [2.45, 2.75) is 11.8 Å². The van der Waals surface area contributed by atoms with Gasteiger partial charge in [0, 0.05) is 16.4 Å². The van der Waals surface area contributed by atoms with Gasteiger partial charge in [-0.25, -0.2) is 13.4 Å². The molecule has 2 rings (SSSR count). The second kappa shape index (κ2) is 5.18. The molecule has 5 nitrogen and oxygen atoms in total. The summed E-state index contributed by atoms with van der Waals surface area (Å²) in [5.41, 5.74) is 6.99. The number of nitrogens with two attached hydrogens (primary N) is 1. The summed E-state index contributed by atoms with van der Waals surface area (Å²) in [6.45, 7) is 1.86. The Kier molecular flexibility index (Phi) is 3.77. The Bertz CT molecular complexity index is 717. The predicted molar refractivity (Wildman–Crippen MR) is 78.3 cm³/mol. The number of aryl methyl sites for hydroxylation is 1. The SMILES string of the molecule is Cc1ccnc(NS(=O)(=O)c2ccc(N)cc2Br)c1. The molecule has 0 aliphatic carbocycles. The first kappa shape index (κ1) is 13.8. The summed E-state index contributed by atoms with van der Waals surface area (Å²) < 4.78 is 27.3. The van der Waals surface area contributed by atoms with E-state index >= 15 is 0 Å². The van der Waals surface area contributed by atoms with E-state index in [9.17, 15) is 8.42 Å². The summed E-state index contributed by atoms with van der Waals surface area (Å²) in [6, 6.07) is 7.96. The summed E-state index contributed by atoms with van der Waals surface area (Å²) >= 11 is 3.19. The summed E-state index contributed by atoms with van der Waals surface area (Å²) in [6.07, 6.45) is 1.55. The third-order valence-corrected chi connectivity index (χ3v) is 4.73. The van der Waals surface area contributed by atoms with Gasteiger partial charge in [-0.2, -0.15) is 0 Å². The van der Waals surface area contributed by atoms with Crippen LogP contribution < -0.4 is 10.5 Å². The minimum absolute atomic E-state index is 0.116. The second-order valence-electron chi connectivity index (χ2n) is 4.01. The lowest BCUT2D eigenvalue weighted by Crippen LogP contribution is -2.14. The normalized spacial score (nSPS) is 11.3. The lowest BCUT2D eigenvalue weighted by molar-refractivity contribution is 0.600. The van der Waals surface area contributed by atoms with Crippen LogP contribution in [0, 0.1) is 6.92 Å². The second-order valence-corrected chi connectivity index (χ2v) is 6.52. The smallest absolute Gasteiger partial charge is 0.264 e. The molecule has 0 spiro atoms. The highest BCUT2D eigenvalue weighted by Crippen LogP contribution is 2.25. The average Bonchev–Trinajstić information content (AvgIpc) is 2.27. The molecule has 0 aliphatic rings. The van der Waals surface area contributed by atoms with Gasteiger partial charge in [0.15, 0.2) is 0 Å². The van der Waals surface area contributed by atoms with Crippen LogP contribution in [0.1, 0.15) is 5.56 Å². The van der Waals surface area contributed by atoms with Gasteiger partial charge in [-0.1, -0.05) is 0 Å². The number of hydrogen-bond donors (Lipinski definition) is 2. The van der Waals surface area contributed by atoms with E-state index in [1.165, 1.54) is 18.2 Å². The van der Waals surface area contributed by atoms with E-state index in [1.807, 2.05) is 6.92 Å². The Morgan fingerprint density at radius 2 is 2.00 bits per heavy atom. The molecule has 0 aliphatic heterocycles. The number of aromatic nitrogens is 1. The Balaban J connectivity index is 2.38. The number of sulfonamides is 1. The molecule has 0 saturated heterocycles. The number of hydrogen-bond acceptors (Lipinski definition) is 4. The van der Waals surface area contributed by atoms with Crippen molar-refractivity contribution >= 4 is 37.5 Å². The van der Waals surface area contributed by atoms with Gasteiger partial charge in [-0.15, -0.1) is 0 Å². The van der Waals surface area contributed by atoms with Crippen molar-refractivity contribution in [3.63, 3.8) is 0 Å². The Morgan fingerprint density at radius 3 is 2.63 bits per heavy atom. The van der Waals surface area contributed by atoms with Crippen LogP contribution in [0.5, 0.6) is 0 Å². The number of nitrogens with one attached hydrogen (secondary N) is 1. The molecule has 0 unspecified atom stereocenters. The lowest BCUT2D eigenvalue weighted by atomic mass is 10.3. The molecule has 100 valence electrons. The molecule has 0 bridgehead atoms. The van der Waals surface area contributed by atoms with Gasteiger partial charge in [0.1, 0.15) is 10.7 Å². The first-order valence-corrected chi connectivity index (χ1v) is 7.66. The maximum Gasteiger partial charge on any atom is 0.264 e. The molecule has 19 heavy (non-hydrogen) atoms. The molecule has 2 aromatic rings. The minimum Gasteiger partial charge on any atom is -0.399 e. The third kappa shape index (κ3) is 3.24. The zero-order chi connectivity index (χ0) is 14.0. The van der Waals surface area contributed by atoms with Crippen LogP contribution in [0.2, 0.25) is 0 Å². The first-order chi connectivity index (χ1) is 8.88. The van der Waals surface area contributed by atoms with Crippen LogP contribution in [0.4, 0.5) is 11.5 Å². The fourth-order valence-electron chi connectivity index (χ4n) is 1.52. The van der Waals surface area contributed by atoms with Gasteiger partial charge in [0.25, 0.3) is 10.0 Å². The molecule has 1 aromatic carbocycles. The fourth-order valence-corrected chi connectivity index (χ4v) is 3.62. The monoisotopic (exact) mass is 341 g/mol. The molecule has 3 N–H and O–H groups in total. The van der Waals surface area contributed by atoms with Crippen molar-refractivity contribution < 1.29 is 8.42 Å². The molecular weight excluding hydrogens is 330 g/mol. The van der Waals surface area contributed by atoms with Crippen molar-refractivity contribution in [2.75, 3.05) is 10.5 Å². The zero-order valence-corrected chi connectivity index (χ0v) is 12.5. The summed E-state index contributed by atoms with van der Waals surface area (Å²) in [7, 11) is -3.69. The average molecular weight is 342 g/mol. The maximum absolute atomic E-state index is 12.2. The molecule has 1 aromatic heterocycles. The Hall–Kier alpha value is -1.60. The first-order valence-electron chi connectivity index (χ1n) is 5.39. The standard InChI is InChI=1S/C12H12BrN3O2S/c1-8-4-5-15-12(6-8)16-19(17,18)11-3-2-9(14)7-10(11)13/h2-7H,14H2,1H3,(H,15,16). The molecule has 7 heteroatoms. The van der Waals surface area contributed by atoms with E-state index in [0.29, 0.717) is 10.2 Å². The minimum atomic E-state index is -3.69. The van der Waals surface area contributed by atoms with Crippen molar-refractivity contribution in [3.8, 4) is 0 Å². The predicted octanol–water partition coefficient (Wildman–Crippen LogP) is 2.54. The zero-order valence-electron chi connectivity index (χ0n) is 10.1. The maximum atomic E-state index is 12.2. The highest BCUT2D eigenvalue weighted by molar-refractivity contribution is 9.10. The van der Waals surface area contributed by atoms with Crippen molar-refractivity contribution in [3.05, 3.63) is 46.6 Å². The summed E-state index contributed by atoms with van der Waals surface area (Å²) in [5, 5.41) is 0. The number of anilines is 2. The molecule has 0 amide bonds. The Morgan fingerprint density at radius 1 is 1.26 bits per heavy atom. The fraction of sp³-hybridized carbons (Fsp3) is 0.0833. The van der Waals surface area contributed by atoms with E-state index in [2.05, 4.69) is 25.6 Å². The van der Waals surface area contributed by atoms with Crippen LogP contribution in [0.3, 0.4) is 0 Å². The quantitative estimate of drug-likeness (QED) is 0.840. The van der Waals surface area contributed by atoms with Gasteiger partial charge < -0.3 is 5.73 Å². The van der Waals surface area contributed by atoms with E-state index in [4.69, 9.17) is 5.73 Å². The van der Waals surface area contributed by atoms with Gasteiger partial charge in [0.05, 0.1) is 0 Å². The number of halogens is 1. The van der Waals surface area contributed by atoms with E-state index in [-0.39, 0.29) is 10.7 Å². The van der Waals surface area contributed by atoms with Crippen LogP contribution >= 0.6 is 15.9 Å². The van der Waals surface area contributed by atoms with Crippen LogP contribution in [0.25, 0.3) is 0 Å². The summed E-state index contributed by atoms with van der Waals surface area (Å²) in [5.74, 6) is 0.281. The van der Waals surface area contributed by atoms with Gasteiger partial charge >= 0.3 is 0 Å². The topological polar surface area (TPSA) is 85.1 Å². The van der Waals surface area contributed by atoms with Crippen LogP contribution in [-0.2, 0) is 10.0 Å². The molecule has 0 atom stereocenters. The lowest BCUT2D eigenvalue weighted by Gasteiger charge is -2.09. The Labute approximate surface area is 120 Å². The summed E-state index contributed by atoms with van der Waals surface area (Å²) in [4.78, 5) is 4.08. The van der Waals surface area contributed by atoms with E-state index < -0.39 is 10.0 Å². The number of rotatable bonds is 3. The van der Waals surface area contributed by atoms with E-state index in [1.54, 1.807) is 18.3 Å². The molecule has 0 fully saturated rings. The number of benzene rings is 1. The van der Waals surface area contributed by atoms with Crippen molar-refractivity contribution in [2.24, 2.45) is 0 Å². The van der Waals surface area contributed by atoms with E-state index in [0.717, 1.165) is 5.56 Å². The van der Waals surface area contributed by atoms with Gasteiger partial charge in [0.2, 0.25) is 0 Å². The number of pyridine rings is 1. The third-order valence-electron chi connectivity index (χ3n) is 2.40. The highest BCUT2D eigenvalue weighted by Gasteiger charge is 2.18. The van der Waals surface area contributed by atoms with Gasteiger partial charge in [-0.05, 0) is 58.7 Å². The van der Waals surface area contributed by atoms with Gasteiger partial charge in [-0.3, -0.25) is 4.72 Å². The number of nitrogen functional groups attached to an aromatic ring is 1. The molecular formula is C12H12BrN3O2S. The van der Waals surface area contributed by atoms with Crippen molar-refractivity contribution in [1.29, 1.82) is 0 Å². The van der Waals surface area contributed by atoms with Crippen LogP contribution in [-0.4, -0.2) is 13.4 Å². The molecule has 1 heterocycles. The highest BCUT2D eigenvalue weighted by atomic mass is 79.9.